The zero-order valence-corrected chi connectivity index (χ0v) is 12.4. The maximum Gasteiger partial charge on any atom is 0.337 e. The van der Waals surface area contributed by atoms with E-state index in [-0.39, 0.29) is 5.56 Å². The molecule has 0 spiro atoms. The Morgan fingerprint density at radius 1 is 0.870 bits per heavy atom. The molecular weight excluding hydrogens is 286 g/mol. The van der Waals surface area contributed by atoms with Crippen molar-refractivity contribution in [3.8, 4) is 11.1 Å². The van der Waals surface area contributed by atoms with E-state index < -0.39 is 5.97 Å². The summed E-state index contributed by atoms with van der Waals surface area (Å²) in [6.45, 7) is 0. The molecule has 0 aliphatic carbocycles. The average Bonchev–Trinajstić information content (AvgIpc) is 2.61. The number of rotatable bonds is 4. The van der Waals surface area contributed by atoms with Crippen LogP contribution in [0.15, 0.2) is 72.9 Å². The van der Waals surface area contributed by atoms with Crippen LogP contribution in [0.2, 0.25) is 0 Å². The Morgan fingerprint density at radius 2 is 1.52 bits per heavy atom. The van der Waals surface area contributed by atoms with Gasteiger partial charge in [-0.3, -0.25) is 4.98 Å². The average molecular weight is 301 g/mol. The molecule has 3 rings (SSSR count). The first-order chi connectivity index (χ1) is 11.2. The predicted molar refractivity (Wildman–Crippen MR) is 92.0 cm³/mol. The van der Waals surface area contributed by atoms with E-state index >= 15 is 0 Å². The van der Waals surface area contributed by atoms with Gasteiger partial charge in [0, 0.05) is 11.8 Å². The fraction of sp³-hybridized carbons (Fsp3) is 0. The van der Waals surface area contributed by atoms with Crippen molar-refractivity contribution in [1.82, 2.24) is 4.98 Å². The van der Waals surface area contributed by atoms with Gasteiger partial charge in [-0.25, -0.2) is 4.79 Å². The molecule has 0 radical (unpaired) electrons. The van der Waals surface area contributed by atoms with Gasteiger partial charge in [-0.1, -0.05) is 66.7 Å². The van der Waals surface area contributed by atoms with Crippen molar-refractivity contribution in [1.29, 1.82) is 0 Å². The van der Waals surface area contributed by atoms with Crippen LogP contribution in [-0.4, -0.2) is 16.1 Å². The second-order valence-electron chi connectivity index (χ2n) is 5.07. The molecule has 1 heterocycles. The summed E-state index contributed by atoms with van der Waals surface area (Å²) in [4.78, 5) is 15.9. The number of benzene rings is 2. The Kier molecular flexibility index (Phi) is 4.29. The molecule has 0 amide bonds. The van der Waals surface area contributed by atoms with Gasteiger partial charge in [0.05, 0.1) is 11.3 Å². The third-order valence-electron chi connectivity index (χ3n) is 3.49. The number of carbonyl (C=O) groups is 1. The number of aromatic carboxylic acids is 1. The molecule has 0 unspecified atom stereocenters. The highest BCUT2D eigenvalue weighted by atomic mass is 16.4. The summed E-state index contributed by atoms with van der Waals surface area (Å²) in [7, 11) is 0. The molecule has 0 bridgehead atoms. The molecule has 0 fully saturated rings. The third-order valence-corrected chi connectivity index (χ3v) is 3.49. The molecule has 1 aromatic heterocycles. The van der Waals surface area contributed by atoms with E-state index in [0.717, 1.165) is 16.7 Å². The van der Waals surface area contributed by atoms with Gasteiger partial charge in [0.25, 0.3) is 0 Å². The van der Waals surface area contributed by atoms with Gasteiger partial charge < -0.3 is 5.11 Å². The van der Waals surface area contributed by atoms with Gasteiger partial charge in [0.1, 0.15) is 0 Å². The first kappa shape index (κ1) is 14.7. The number of aromatic nitrogens is 1. The van der Waals surface area contributed by atoms with Gasteiger partial charge in [0.2, 0.25) is 0 Å². The SMILES string of the molecule is O=C(O)c1cc(-c2ccccc2)cnc1/C=C/c1ccccc1. The van der Waals surface area contributed by atoms with Crippen LogP contribution in [0.5, 0.6) is 0 Å². The zero-order chi connectivity index (χ0) is 16.1. The van der Waals surface area contributed by atoms with Crippen LogP contribution >= 0.6 is 0 Å². The maximum absolute atomic E-state index is 11.5. The van der Waals surface area contributed by atoms with Gasteiger partial charge >= 0.3 is 5.97 Å². The smallest absolute Gasteiger partial charge is 0.337 e. The Labute approximate surface area is 134 Å². The number of pyridine rings is 1. The third kappa shape index (κ3) is 3.52. The van der Waals surface area contributed by atoms with Gasteiger partial charge in [-0.05, 0) is 23.3 Å². The van der Waals surface area contributed by atoms with Crippen molar-refractivity contribution >= 4 is 18.1 Å². The summed E-state index contributed by atoms with van der Waals surface area (Å²) in [5.74, 6) is -0.983. The number of hydrogen-bond donors (Lipinski definition) is 1. The minimum Gasteiger partial charge on any atom is -0.478 e. The number of hydrogen-bond acceptors (Lipinski definition) is 2. The van der Waals surface area contributed by atoms with Crippen molar-refractivity contribution in [3.63, 3.8) is 0 Å². The predicted octanol–water partition coefficient (Wildman–Crippen LogP) is 4.62. The van der Waals surface area contributed by atoms with Gasteiger partial charge in [0.15, 0.2) is 0 Å². The Balaban J connectivity index is 1.98. The molecule has 3 nitrogen and oxygen atoms in total. The lowest BCUT2D eigenvalue weighted by Gasteiger charge is -2.05. The van der Waals surface area contributed by atoms with Crippen LogP contribution in [0.3, 0.4) is 0 Å². The molecule has 3 aromatic rings. The summed E-state index contributed by atoms with van der Waals surface area (Å²) >= 11 is 0. The molecule has 0 aliphatic rings. The van der Waals surface area contributed by atoms with Crippen molar-refractivity contribution in [2.45, 2.75) is 0 Å². The molecule has 23 heavy (non-hydrogen) atoms. The molecule has 1 N–H and O–H groups in total. The lowest BCUT2D eigenvalue weighted by atomic mass is 10.0. The largest absolute Gasteiger partial charge is 0.478 e. The second kappa shape index (κ2) is 6.71. The highest BCUT2D eigenvalue weighted by Crippen LogP contribution is 2.22. The van der Waals surface area contributed by atoms with E-state index in [0.29, 0.717) is 5.69 Å². The van der Waals surface area contributed by atoms with E-state index in [2.05, 4.69) is 4.98 Å². The molecule has 2 aromatic carbocycles. The molecule has 0 saturated heterocycles. The first-order valence-electron chi connectivity index (χ1n) is 7.26. The van der Waals surface area contributed by atoms with Crippen molar-refractivity contribution in [2.24, 2.45) is 0 Å². The Morgan fingerprint density at radius 3 is 2.17 bits per heavy atom. The summed E-state index contributed by atoms with van der Waals surface area (Å²) in [5, 5.41) is 9.46. The minimum absolute atomic E-state index is 0.193. The number of carboxylic acid groups (broad SMARTS) is 1. The molecular formula is C20H15NO2. The zero-order valence-electron chi connectivity index (χ0n) is 12.4. The maximum atomic E-state index is 11.5. The van der Waals surface area contributed by atoms with Gasteiger partial charge in [-0.2, -0.15) is 0 Å². The van der Waals surface area contributed by atoms with Gasteiger partial charge in [-0.15, -0.1) is 0 Å². The van der Waals surface area contributed by atoms with Crippen molar-refractivity contribution in [2.75, 3.05) is 0 Å². The Bertz CT molecular complexity index is 840. The topological polar surface area (TPSA) is 50.2 Å². The molecule has 0 atom stereocenters. The van der Waals surface area contributed by atoms with Crippen LogP contribution in [0.4, 0.5) is 0 Å². The van der Waals surface area contributed by atoms with Crippen LogP contribution in [0.1, 0.15) is 21.6 Å². The fourth-order valence-electron chi connectivity index (χ4n) is 2.31. The van der Waals surface area contributed by atoms with E-state index in [4.69, 9.17) is 0 Å². The van der Waals surface area contributed by atoms with E-state index in [9.17, 15) is 9.90 Å². The molecule has 0 saturated carbocycles. The summed E-state index contributed by atoms with van der Waals surface area (Å²) in [5.41, 5.74) is 3.37. The standard InChI is InChI=1S/C20H15NO2/c22-20(23)18-13-17(16-9-5-2-6-10-16)14-21-19(18)12-11-15-7-3-1-4-8-15/h1-14H,(H,22,23)/b12-11+. The first-order valence-corrected chi connectivity index (χ1v) is 7.26. The second-order valence-corrected chi connectivity index (χ2v) is 5.07. The summed E-state index contributed by atoms with van der Waals surface area (Å²) < 4.78 is 0. The highest BCUT2D eigenvalue weighted by molar-refractivity contribution is 5.94. The monoisotopic (exact) mass is 301 g/mol. The van der Waals surface area contributed by atoms with Crippen molar-refractivity contribution in [3.05, 3.63) is 89.7 Å². The van der Waals surface area contributed by atoms with Crippen LogP contribution in [-0.2, 0) is 0 Å². The van der Waals surface area contributed by atoms with Crippen LogP contribution in [0, 0.1) is 0 Å². The number of nitrogens with zero attached hydrogens (tertiary/aromatic N) is 1. The molecule has 3 heteroatoms. The van der Waals surface area contributed by atoms with Crippen molar-refractivity contribution < 1.29 is 9.90 Å². The minimum atomic E-state index is -0.983. The van der Waals surface area contributed by atoms with Crippen LogP contribution in [0.25, 0.3) is 23.3 Å². The quantitative estimate of drug-likeness (QED) is 0.765. The highest BCUT2D eigenvalue weighted by Gasteiger charge is 2.11. The summed E-state index contributed by atoms with van der Waals surface area (Å²) in [6.07, 6.45) is 5.29. The normalized spacial score (nSPS) is 10.8. The Hall–Kier alpha value is -3.20. The van der Waals surface area contributed by atoms with Crippen LogP contribution < -0.4 is 0 Å². The number of carboxylic acids is 1. The molecule has 0 aliphatic heterocycles. The van der Waals surface area contributed by atoms with E-state index in [1.807, 2.05) is 66.7 Å². The summed E-state index contributed by atoms with van der Waals surface area (Å²) in [6, 6.07) is 21.0. The lowest BCUT2D eigenvalue weighted by Crippen LogP contribution is -2.02. The van der Waals surface area contributed by atoms with E-state index in [1.54, 1.807) is 18.3 Å². The molecule has 112 valence electrons. The fourth-order valence-corrected chi connectivity index (χ4v) is 2.31. The lowest BCUT2D eigenvalue weighted by molar-refractivity contribution is 0.0696. The van der Waals surface area contributed by atoms with E-state index in [1.165, 1.54) is 0 Å².